The third-order valence-corrected chi connectivity index (χ3v) is 0. The molecule has 0 amide bonds. The van der Waals surface area contributed by atoms with Gasteiger partial charge >= 0.3 is 0 Å². The van der Waals surface area contributed by atoms with E-state index >= 15 is 0 Å². The molecular weight excluding hydrogens is 99.9 g/mol. The summed E-state index contributed by atoms with van der Waals surface area (Å²) in [5.41, 5.74) is 0. The molecule has 0 aliphatic heterocycles. The van der Waals surface area contributed by atoms with Crippen molar-refractivity contribution in [3.63, 3.8) is 0 Å². The zero-order chi connectivity index (χ0) is 3.58. The molecule has 0 N–H and O–H groups in total. The fourth-order valence-corrected chi connectivity index (χ4v) is 0. The van der Waals surface area contributed by atoms with Crippen molar-refractivity contribution in [2.75, 3.05) is 0 Å². The van der Waals surface area contributed by atoms with Gasteiger partial charge in [-0.1, -0.05) is 13.8 Å². The van der Waals surface area contributed by atoms with Gasteiger partial charge in [0, 0.05) is 21.7 Å². The molecule has 0 unspecified atom stereocenters. The Morgan fingerprint density at radius 3 is 1.40 bits per heavy atom. The van der Waals surface area contributed by atoms with Gasteiger partial charge in [-0.15, -0.1) is 6.10 Å². The summed E-state index contributed by atoms with van der Waals surface area (Å²) in [6, 6.07) is 0. The summed E-state index contributed by atoms with van der Waals surface area (Å²) in [5, 5.41) is 9.53. The normalized spacial score (nSPS) is 7.20. The first-order valence-electron chi connectivity index (χ1n) is 1.39. The van der Waals surface area contributed by atoms with Crippen LogP contribution >= 0.6 is 0 Å². The fraction of sp³-hybridized carbons (Fsp3) is 1.00. The summed E-state index contributed by atoms with van der Waals surface area (Å²) >= 11 is 0. The predicted molar refractivity (Wildman–Crippen MR) is 15.1 cm³/mol. The topological polar surface area (TPSA) is 23.1 Å². The van der Waals surface area contributed by atoms with Crippen LogP contribution in [-0.2, 0) is 21.7 Å². The molecule has 0 heterocycles. The Bertz CT molecular complexity index is 11.6. The molecule has 0 rings (SSSR count). The zero-order valence-electron chi connectivity index (χ0n) is 3.49. The zero-order valence-corrected chi connectivity index (χ0v) is 5.05. The van der Waals surface area contributed by atoms with Crippen LogP contribution in [0.1, 0.15) is 13.8 Å². The molecule has 0 saturated carbocycles. The minimum Gasteiger partial charge on any atom is -0.852 e. The predicted octanol–water partition coefficient (Wildman–Crippen LogP) is -0.247. The minimum atomic E-state index is -0.417. The first kappa shape index (κ1) is 9.18. The number of rotatable bonds is 0. The van der Waals surface area contributed by atoms with Crippen molar-refractivity contribution in [1.82, 2.24) is 0 Å². The van der Waals surface area contributed by atoms with Gasteiger partial charge in [-0.3, -0.25) is 0 Å². The average molecular weight is 107 g/mol. The summed E-state index contributed by atoms with van der Waals surface area (Å²) in [5.74, 6) is 0. The molecule has 0 spiro atoms. The van der Waals surface area contributed by atoms with Crippen LogP contribution in [0.25, 0.3) is 0 Å². The minimum absolute atomic E-state index is 0. The van der Waals surface area contributed by atoms with Crippen LogP contribution in [0.4, 0.5) is 0 Å². The summed E-state index contributed by atoms with van der Waals surface area (Å²) in [6.07, 6.45) is -0.417. The van der Waals surface area contributed by atoms with Crippen molar-refractivity contribution in [3.05, 3.63) is 0 Å². The van der Waals surface area contributed by atoms with Crippen LogP contribution in [0, 0.1) is 0 Å². The Balaban J connectivity index is 0. The summed E-state index contributed by atoms with van der Waals surface area (Å²) in [7, 11) is 0. The van der Waals surface area contributed by atoms with Crippen LogP contribution in [0.5, 0.6) is 0 Å². The van der Waals surface area contributed by atoms with Gasteiger partial charge in [-0.2, -0.15) is 0 Å². The van der Waals surface area contributed by atoms with Crippen LogP contribution in [0.3, 0.4) is 0 Å². The maximum Gasteiger partial charge on any atom is 0 e. The van der Waals surface area contributed by atoms with E-state index in [2.05, 4.69) is 0 Å². The van der Waals surface area contributed by atoms with Gasteiger partial charge in [0.2, 0.25) is 0 Å². The maximum absolute atomic E-state index is 9.53. The third kappa shape index (κ3) is 73.5. The molecule has 2 heteroatoms. The number of hydrogen-bond donors (Lipinski definition) is 0. The Kier molecular flexibility index (Phi) is 8.59. The van der Waals surface area contributed by atoms with Gasteiger partial charge in [-0.25, -0.2) is 0 Å². The second-order valence-electron chi connectivity index (χ2n) is 1.05. The summed E-state index contributed by atoms with van der Waals surface area (Å²) in [6.45, 7) is 3.22. The Labute approximate surface area is 47.3 Å². The molecule has 0 aliphatic carbocycles. The molecule has 0 bridgehead atoms. The van der Waals surface area contributed by atoms with Crippen molar-refractivity contribution >= 4 is 0 Å². The van der Waals surface area contributed by atoms with E-state index in [0.717, 1.165) is 0 Å². The first-order valence-corrected chi connectivity index (χ1v) is 1.39. The van der Waals surface area contributed by atoms with Gasteiger partial charge in [0.25, 0.3) is 0 Å². The van der Waals surface area contributed by atoms with Gasteiger partial charge in [-0.05, 0) is 0 Å². The largest absolute Gasteiger partial charge is 0.852 e. The van der Waals surface area contributed by atoms with E-state index in [4.69, 9.17) is 0 Å². The molecule has 0 aromatic carbocycles. The summed E-state index contributed by atoms with van der Waals surface area (Å²) in [4.78, 5) is 0. The van der Waals surface area contributed by atoms with Gasteiger partial charge < -0.3 is 5.11 Å². The monoisotopic (exact) mass is 107 g/mol. The van der Waals surface area contributed by atoms with Crippen molar-refractivity contribution in [3.8, 4) is 0 Å². The van der Waals surface area contributed by atoms with Crippen molar-refractivity contribution in [1.29, 1.82) is 0 Å². The third-order valence-electron chi connectivity index (χ3n) is 0. The van der Waals surface area contributed by atoms with Gasteiger partial charge in [0.15, 0.2) is 0 Å². The SMILES string of the molecule is CC(C)[O-].[Ti]. The van der Waals surface area contributed by atoms with Crippen molar-refractivity contribution in [2.45, 2.75) is 20.0 Å². The molecule has 5 heavy (non-hydrogen) atoms. The molecule has 30 valence electrons. The molecule has 0 radical (unpaired) electrons. The quantitative estimate of drug-likeness (QED) is 0.391. The van der Waals surface area contributed by atoms with E-state index in [-0.39, 0.29) is 21.7 Å². The molecule has 0 atom stereocenters. The van der Waals surface area contributed by atoms with Crippen LogP contribution < -0.4 is 5.11 Å². The average Bonchev–Trinajstić information content (AvgIpc) is 0.811. The van der Waals surface area contributed by atoms with Crippen LogP contribution in [-0.4, -0.2) is 6.10 Å². The van der Waals surface area contributed by atoms with Crippen LogP contribution in [0.2, 0.25) is 0 Å². The second-order valence-corrected chi connectivity index (χ2v) is 1.05. The molecular formula is C3H7OTi-. The Hall–Kier alpha value is 0.674. The van der Waals surface area contributed by atoms with Gasteiger partial charge in [0.05, 0.1) is 0 Å². The van der Waals surface area contributed by atoms with E-state index in [0.29, 0.717) is 0 Å². The molecule has 1 nitrogen and oxygen atoms in total. The standard InChI is InChI=1S/C3H7O.Ti/c1-3(2)4;/h3H,1-2H3;/q-1;. The smallest absolute Gasteiger partial charge is 0 e. The van der Waals surface area contributed by atoms with Gasteiger partial charge in [0.1, 0.15) is 0 Å². The molecule has 0 fully saturated rings. The number of hydrogen-bond acceptors (Lipinski definition) is 1. The molecule has 0 aromatic heterocycles. The van der Waals surface area contributed by atoms with E-state index < -0.39 is 6.10 Å². The maximum atomic E-state index is 9.53. The van der Waals surface area contributed by atoms with E-state index in [1.54, 1.807) is 13.8 Å². The Morgan fingerprint density at radius 2 is 1.40 bits per heavy atom. The second kappa shape index (κ2) is 4.67. The van der Waals surface area contributed by atoms with E-state index in [1.165, 1.54) is 0 Å². The fourth-order valence-electron chi connectivity index (χ4n) is 0. The van der Waals surface area contributed by atoms with Crippen molar-refractivity contribution in [2.24, 2.45) is 0 Å². The first-order chi connectivity index (χ1) is 1.73. The van der Waals surface area contributed by atoms with E-state index in [9.17, 15) is 5.11 Å². The van der Waals surface area contributed by atoms with Crippen LogP contribution in [0.15, 0.2) is 0 Å². The molecule has 0 aliphatic rings. The molecule has 0 aromatic rings. The van der Waals surface area contributed by atoms with E-state index in [1.807, 2.05) is 0 Å². The summed E-state index contributed by atoms with van der Waals surface area (Å²) < 4.78 is 0. The molecule has 0 saturated heterocycles. The van der Waals surface area contributed by atoms with Crippen molar-refractivity contribution < 1.29 is 26.8 Å². The Morgan fingerprint density at radius 1 is 1.40 bits per heavy atom.